The average molecular weight is 313 g/mol. The van der Waals surface area contributed by atoms with Crippen molar-refractivity contribution in [3.63, 3.8) is 0 Å². The normalized spacial score (nSPS) is 28.4. The van der Waals surface area contributed by atoms with Crippen LogP contribution in [0, 0.1) is 5.92 Å². The summed E-state index contributed by atoms with van der Waals surface area (Å²) in [5.41, 5.74) is 0.822. The van der Waals surface area contributed by atoms with Crippen LogP contribution in [-0.4, -0.2) is 33.8 Å². The lowest BCUT2D eigenvalue weighted by atomic mass is 9.67. The second-order valence-electron chi connectivity index (χ2n) is 6.48. The molecule has 0 saturated carbocycles. The number of aromatic nitrogens is 1. The Bertz CT molecular complexity index is 594. The van der Waals surface area contributed by atoms with Gasteiger partial charge in [-0.3, -0.25) is 4.98 Å². The SMILES string of the molecule is CC(C)N1C=NC(=S)C(c2ccccn2)(C2CC=CCC2)C1. The highest BCUT2D eigenvalue weighted by Crippen LogP contribution is 2.42. The van der Waals surface area contributed by atoms with Crippen LogP contribution in [0.15, 0.2) is 41.5 Å². The number of nitrogens with zero attached hydrogens (tertiary/aromatic N) is 3. The third-order valence-electron chi connectivity index (χ3n) is 4.89. The summed E-state index contributed by atoms with van der Waals surface area (Å²) in [6, 6.07) is 6.55. The molecule has 0 amide bonds. The highest BCUT2D eigenvalue weighted by atomic mass is 32.1. The van der Waals surface area contributed by atoms with Crippen LogP contribution in [0.1, 0.15) is 38.8 Å². The molecule has 0 bridgehead atoms. The van der Waals surface area contributed by atoms with Gasteiger partial charge in [0.2, 0.25) is 0 Å². The van der Waals surface area contributed by atoms with Gasteiger partial charge in [-0.25, -0.2) is 4.99 Å². The van der Waals surface area contributed by atoms with E-state index in [0.29, 0.717) is 12.0 Å². The lowest BCUT2D eigenvalue weighted by Crippen LogP contribution is -2.55. The van der Waals surface area contributed by atoms with Crippen molar-refractivity contribution < 1.29 is 0 Å². The van der Waals surface area contributed by atoms with E-state index >= 15 is 0 Å². The topological polar surface area (TPSA) is 28.5 Å². The second kappa shape index (κ2) is 6.29. The van der Waals surface area contributed by atoms with Crippen LogP contribution in [0.5, 0.6) is 0 Å². The fourth-order valence-electron chi connectivity index (χ4n) is 3.53. The molecule has 116 valence electrons. The maximum Gasteiger partial charge on any atom is 0.119 e. The van der Waals surface area contributed by atoms with Gasteiger partial charge in [-0.1, -0.05) is 30.4 Å². The fraction of sp³-hybridized carbons (Fsp3) is 0.500. The Morgan fingerprint density at radius 3 is 2.82 bits per heavy atom. The predicted molar refractivity (Wildman–Crippen MR) is 95.3 cm³/mol. The number of thiocarbonyl (C=S) groups is 1. The molecule has 2 heterocycles. The zero-order chi connectivity index (χ0) is 15.6. The third kappa shape index (κ3) is 2.60. The van der Waals surface area contributed by atoms with Gasteiger partial charge >= 0.3 is 0 Å². The van der Waals surface area contributed by atoms with Crippen molar-refractivity contribution in [3.8, 4) is 0 Å². The fourth-order valence-corrected chi connectivity index (χ4v) is 3.91. The van der Waals surface area contributed by atoms with E-state index in [1.807, 2.05) is 18.6 Å². The van der Waals surface area contributed by atoms with Crippen LogP contribution in [0.3, 0.4) is 0 Å². The molecule has 0 N–H and O–H groups in total. The smallest absolute Gasteiger partial charge is 0.119 e. The Labute approximate surface area is 138 Å². The molecule has 4 heteroatoms. The molecule has 1 aromatic heterocycles. The largest absolute Gasteiger partial charge is 0.359 e. The summed E-state index contributed by atoms with van der Waals surface area (Å²) in [4.78, 5) is 12.4. The zero-order valence-electron chi connectivity index (χ0n) is 13.3. The molecule has 0 saturated heterocycles. The van der Waals surface area contributed by atoms with Gasteiger partial charge in [0.1, 0.15) is 4.99 Å². The van der Waals surface area contributed by atoms with Gasteiger partial charge in [0.15, 0.2) is 0 Å². The molecule has 0 spiro atoms. The first kappa shape index (κ1) is 15.3. The van der Waals surface area contributed by atoms with Crippen molar-refractivity contribution in [2.45, 2.75) is 44.6 Å². The average Bonchev–Trinajstić information content (AvgIpc) is 2.57. The predicted octanol–water partition coefficient (Wildman–Crippen LogP) is 3.76. The van der Waals surface area contributed by atoms with Gasteiger partial charge in [0, 0.05) is 18.8 Å². The van der Waals surface area contributed by atoms with Crippen molar-refractivity contribution in [1.29, 1.82) is 0 Å². The highest BCUT2D eigenvalue weighted by Gasteiger charge is 2.48. The van der Waals surface area contributed by atoms with Crippen molar-refractivity contribution in [2.24, 2.45) is 10.9 Å². The van der Waals surface area contributed by atoms with Crippen molar-refractivity contribution in [3.05, 3.63) is 42.2 Å². The summed E-state index contributed by atoms with van der Waals surface area (Å²) < 4.78 is 0. The second-order valence-corrected chi connectivity index (χ2v) is 6.87. The lowest BCUT2D eigenvalue weighted by molar-refractivity contribution is 0.227. The Balaban J connectivity index is 2.08. The minimum atomic E-state index is -0.250. The summed E-state index contributed by atoms with van der Waals surface area (Å²) in [7, 11) is 0. The highest BCUT2D eigenvalue weighted by molar-refractivity contribution is 7.80. The van der Waals surface area contributed by atoms with Gasteiger partial charge in [-0.15, -0.1) is 0 Å². The molecular weight excluding hydrogens is 290 g/mol. The van der Waals surface area contributed by atoms with Gasteiger partial charge in [-0.05, 0) is 51.2 Å². The first-order valence-corrected chi connectivity index (χ1v) is 8.46. The maximum absolute atomic E-state index is 5.75. The van der Waals surface area contributed by atoms with E-state index in [0.717, 1.165) is 36.5 Å². The summed E-state index contributed by atoms with van der Waals surface area (Å²) in [5.74, 6) is 0.471. The Hall–Kier alpha value is -1.55. The summed E-state index contributed by atoms with van der Waals surface area (Å²) in [5, 5.41) is 0. The number of hydrogen-bond donors (Lipinski definition) is 0. The van der Waals surface area contributed by atoms with Gasteiger partial charge in [-0.2, -0.15) is 0 Å². The standard InChI is InChI=1S/C18H23N3S/c1-14(2)21-12-18(17(22)20-13-21,15-8-4-3-5-9-15)16-10-6-7-11-19-16/h3-4,6-7,10-11,13-15H,5,8-9,12H2,1-2H3. The Morgan fingerprint density at radius 1 is 1.32 bits per heavy atom. The number of rotatable bonds is 3. The molecule has 3 rings (SSSR count). The monoisotopic (exact) mass is 313 g/mol. The molecule has 2 atom stereocenters. The van der Waals surface area contributed by atoms with E-state index in [-0.39, 0.29) is 5.41 Å². The molecule has 0 aromatic carbocycles. The Kier molecular flexibility index (Phi) is 4.39. The van der Waals surface area contributed by atoms with E-state index in [1.165, 1.54) is 0 Å². The summed E-state index contributed by atoms with van der Waals surface area (Å²) >= 11 is 5.75. The van der Waals surface area contributed by atoms with Crippen LogP contribution in [0.4, 0.5) is 0 Å². The number of hydrogen-bond acceptors (Lipinski definition) is 3. The molecule has 0 radical (unpaired) electrons. The number of aliphatic imine (C=N–C) groups is 1. The van der Waals surface area contributed by atoms with Gasteiger partial charge in [0.05, 0.1) is 17.4 Å². The Morgan fingerprint density at radius 2 is 2.18 bits per heavy atom. The van der Waals surface area contributed by atoms with Gasteiger partial charge in [0.25, 0.3) is 0 Å². The third-order valence-corrected chi connectivity index (χ3v) is 5.36. The van der Waals surface area contributed by atoms with Crippen LogP contribution < -0.4 is 0 Å². The van der Waals surface area contributed by atoms with E-state index in [1.54, 1.807) is 0 Å². The maximum atomic E-state index is 5.75. The van der Waals surface area contributed by atoms with Crippen LogP contribution in [0.2, 0.25) is 0 Å². The number of allylic oxidation sites excluding steroid dienone is 2. The van der Waals surface area contributed by atoms with Crippen LogP contribution in [0.25, 0.3) is 0 Å². The lowest BCUT2D eigenvalue weighted by Gasteiger charge is -2.46. The van der Waals surface area contributed by atoms with Crippen molar-refractivity contribution in [1.82, 2.24) is 9.88 Å². The first-order chi connectivity index (χ1) is 10.6. The molecular formula is C18H23N3S. The van der Waals surface area contributed by atoms with E-state index < -0.39 is 0 Å². The molecule has 1 aliphatic carbocycles. The molecule has 2 aliphatic rings. The minimum absolute atomic E-state index is 0.250. The first-order valence-electron chi connectivity index (χ1n) is 8.05. The summed E-state index contributed by atoms with van der Waals surface area (Å²) in [6.45, 7) is 5.28. The van der Waals surface area contributed by atoms with Crippen LogP contribution >= 0.6 is 12.2 Å². The van der Waals surface area contributed by atoms with Crippen molar-refractivity contribution >= 4 is 23.5 Å². The zero-order valence-corrected chi connectivity index (χ0v) is 14.1. The molecule has 2 unspecified atom stereocenters. The van der Waals surface area contributed by atoms with E-state index in [9.17, 15) is 0 Å². The molecule has 22 heavy (non-hydrogen) atoms. The number of pyridine rings is 1. The van der Waals surface area contributed by atoms with Crippen LogP contribution in [-0.2, 0) is 5.41 Å². The molecule has 1 aliphatic heterocycles. The molecule has 3 nitrogen and oxygen atoms in total. The van der Waals surface area contributed by atoms with Gasteiger partial charge < -0.3 is 4.90 Å². The molecule has 1 aromatic rings. The quantitative estimate of drug-likeness (QED) is 0.628. The van der Waals surface area contributed by atoms with E-state index in [4.69, 9.17) is 12.2 Å². The molecule has 0 fully saturated rings. The summed E-state index contributed by atoms with van der Waals surface area (Å²) in [6.07, 6.45) is 11.7. The van der Waals surface area contributed by atoms with E-state index in [2.05, 4.69) is 53.0 Å². The van der Waals surface area contributed by atoms with Crippen molar-refractivity contribution in [2.75, 3.05) is 6.54 Å². The minimum Gasteiger partial charge on any atom is -0.359 e.